The summed E-state index contributed by atoms with van der Waals surface area (Å²) in [4.78, 5) is 142. The van der Waals surface area contributed by atoms with Crippen LogP contribution in [0.4, 0.5) is 13.2 Å². The first-order valence-corrected chi connectivity index (χ1v) is 22.5. The van der Waals surface area contributed by atoms with Gasteiger partial charge in [-0.3, -0.25) is 52.7 Å². The highest BCUT2D eigenvalue weighted by Gasteiger charge is 2.42. The topological polar surface area (TPSA) is 353 Å². The molecular formula is C47H62F3N7O15. The second-order valence-corrected chi connectivity index (χ2v) is 18.4. The van der Waals surface area contributed by atoms with Gasteiger partial charge in [0.15, 0.2) is 0 Å². The number of aromatic hydroxyl groups is 1. The Bertz CT molecular complexity index is 2300. The Labute approximate surface area is 412 Å². The van der Waals surface area contributed by atoms with Crippen LogP contribution in [0.1, 0.15) is 96.3 Å². The number of nitrogens with one attached hydrogen (secondary N) is 7. The number of carbonyl (C=O) groups is 11. The van der Waals surface area contributed by atoms with Gasteiger partial charge in [0.25, 0.3) is 5.91 Å². The normalized spacial score (nSPS) is 13.9. The second-order valence-electron chi connectivity index (χ2n) is 18.4. The van der Waals surface area contributed by atoms with Crippen LogP contribution >= 0.6 is 0 Å². The maximum atomic E-state index is 14.4. The maximum absolute atomic E-state index is 14.4. The fraction of sp³-hybridized carbons (Fsp3) is 0.511. The lowest BCUT2D eigenvalue weighted by Gasteiger charge is -2.34. The lowest BCUT2D eigenvalue weighted by atomic mass is 9.85. The zero-order valence-corrected chi connectivity index (χ0v) is 40.4. The van der Waals surface area contributed by atoms with Crippen LogP contribution in [0, 0.1) is 18.3 Å². The van der Waals surface area contributed by atoms with Crippen LogP contribution in [0.15, 0.2) is 48.5 Å². The van der Waals surface area contributed by atoms with Crippen molar-refractivity contribution in [1.82, 2.24) is 37.2 Å². The van der Waals surface area contributed by atoms with Crippen molar-refractivity contribution in [3.63, 3.8) is 0 Å². The number of carbonyl (C=O) groups excluding carboxylic acids is 8. The molecule has 0 aliphatic heterocycles. The van der Waals surface area contributed by atoms with Crippen molar-refractivity contribution in [2.45, 2.75) is 142 Å². The van der Waals surface area contributed by atoms with E-state index in [4.69, 9.17) is 5.11 Å². The number of phenolic OH excluding ortho intramolecular Hbond substituents is 1. The summed E-state index contributed by atoms with van der Waals surface area (Å²) in [6.45, 7) is 9.09. The van der Waals surface area contributed by atoms with E-state index in [0.717, 1.165) is 0 Å². The molecule has 0 bridgehead atoms. The number of aryl methyl sites for hydroxylation is 1. The van der Waals surface area contributed by atoms with E-state index in [9.17, 15) is 81.2 Å². The van der Waals surface area contributed by atoms with Gasteiger partial charge in [-0.05, 0) is 59.9 Å². The van der Waals surface area contributed by atoms with E-state index in [2.05, 4.69) is 31.9 Å². The highest BCUT2D eigenvalue weighted by Crippen LogP contribution is 2.24. The van der Waals surface area contributed by atoms with Crippen molar-refractivity contribution in [3.05, 3.63) is 65.2 Å². The molecule has 2 aromatic carbocycles. The van der Waals surface area contributed by atoms with Crippen molar-refractivity contribution in [3.8, 4) is 5.75 Å². The van der Waals surface area contributed by atoms with Crippen LogP contribution in [0.25, 0.3) is 0 Å². The van der Waals surface area contributed by atoms with E-state index in [1.807, 2.05) is 5.32 Å². The molecule has 72 heavy (non-hydrogen) atoms. The van der Waals surface area contributed by atoms with Crippen molar-refractivity contribution in [1.29, 1.82) is 0 Å². The van der Waals surface area contributed by atoms with E-state index in [-0.39, 0.29) is 25.1 Å². The quantitative estimate of drug-likeness (QED) is 0.0535. The molecule has 0 saturated carbocycles. The molecule has 0 radical (unpaired) electrons. The number of hydrogen-bond acceptors (Lipinski definition) is 12. The van der Waals surface area contributed by atoms with Crippen LogP contribution in [0.2, 0.25) is 0 Å². The summed E-state index contributed by atoms with van der Waals surface area (Å²) in [6.07, 6.45) is -11.3. The number of amides is 7. The summed E-state index contributed by atoms with van der Waals surface area (Å²) >= 11 is 0. The highest BCUT2D eigenvalue weighted by atomic mass is 19.4. The summed E-state index contributed by atoms with van der Waals surface area (Å²) in [5.74, 6) is -14.9. The van der Waals surface area contributed by atoms with Crippen molar-refractivity contribution in [2.24, 2.45) is 11.3 Å². The third-order valence-corrected chi connectivity index (χ3v) is 10.6. The van der Waals surface area contributed by atoms with Crippen LogP contribution in [-0.4, -0.2) is 128 Å². The van der Waals surface area contributed by atoms with Crippen LogP contribution in [0.3, 0.4) is 0 Å². The van der Waals surface area contributed by atoms with Crippen molar-refractivity contribution >= 4 is 65.0 Å². The second kappa shape index (κ2) is 27.7. The molecule has 0 heterocycles. The van der Waals surface area contributed by atoms with E-state index < -0.39 is 157 Å². The van der Waals surface area contributed by atoms with Crippen LogP contribution in [0.5, 0.6) is 5.75 Å². The first-order valence-electron chi connectivity index (χ1n) is 22.5. The molecule has 25 heteroatoms. The number of Topliss-reactive ketones (excluding diaryl/α,β-unsaturated/α-hetero) is 1. The number of alkyl halides is 3. The van der Waals surface area contributed by atoms with Crippen LogP contribution in [-0.2, 0) is 65.7 Å². The van der Waals surface area contributed by atoms with Gasteiger partial charge >= 0.3 is 24.1 Å². The molecule has 11 N–H and O–H groups in total. The number of carboxylic acids is 3. The number of benzene rings is 2. The lowest BCUT2D eigenvalue weighted by molar-refractivity contribution is -0.154. The van der Waals surface area contributed by atoms with Gasteiger partial charge in [0.2, 0.25) is 41.2 Å². The first-order chi connectivity index (χ1) is 33.4. The maximum Gasteiger partial charge on any atom is 0.391 e. The average molecular weight is 1020 g/mol. The number of phenols is 1. The molecular weight excluding hydrogens is 960 g/mol. The predicted octanol–water partition coefficient (Wildman–Crippen LogP) is 1.29. The van der Waals surface area contributed by atoms with Crippen molar-refractivity contribution < 1.29 is 86.3 Å². The summed E-state index contributed by atoms with van der Waals surface area (Å²) < 4.78 is 41.4. The molecule has 2 aromatic rings. The van der Waals surface area contributed by atoms with E-state index in [1.54, 1.807) is 45.0 Å². The standard InChI is InChI=1S/C47H62F3N7O15/c1-24(2)19-30(41(68)56-33(22-47(48,49)50)38(66)44(71)51-23-26-11-13-28(58)14-12-26)55-45(72)39(46(4,5)6)57-43(70)31(20-27-10-8-7-9-25(27)3)54-40(67)29(15-17-35(60)61)53-42(69)32(21-37(64)65)52-34(59)16-18-36(62)63/h7-14,24,29-33,39,58H,15-23H2,1-6H3,(H,51,71)(H,52,59)(H,53,69)(H,54,67)(H,55,72)(H,56,68)(H,57,70)(H,60,61)(H,62,63)(H,64,65)/t29-,30-,31-,32-,33?,39+/m0/s1. The molecule has 0 fully saturated rings. The number of ketones is 1. The van der Waals surface area contributed by atoms with Gasteiger partial charge in [0.05, 0.1) is 19.3 Å². The van der Waals surface area contributed by atoms with Gasteiger partial charge in [-0.25, -0.2) is 0 Å². The fourth-order valence-electron chi connectivity index (χ4n) is 6.85. The highest BCUT2D eigenvalue weighted by molar-refractivity contribution is 6.38. The Morgan fingerprint density at radius 3 is 1.67 bits per heavy atom. The third-order valence-electron chi connectivity index (χ3n) is 10.6. The molecule has 6 atom stereocenters. The van der Waals surface area contributed by atoms with Gasteiger partial charge in [-0.1, -0.05) is 71.0 Å². The van der Waals surface area contributed by atoms with Gasteiger partial charge in [-0.2, -0.15) is 13.2 Å². The molecule has 0 saturated heterocycles. The SMILES string of the molecule is Cc1ccccc1C[C@H](NC(=O)[C@H](CCC(=O)O)NC(=O)[C@H](CC(=O)O)NC(=O)CCC(=O)O)C(=O)N[C@H](C(=O)N[C@@H](CC(C)C)C(=O)NC(CC(F)(F)F)C(=O)C(=O)NCc1ccc(O)cc1)C(C)(C)C. The fourth-order valence-corrected chi connectivity index (χ4v) is 6.85. The summed E-state index contributed by atoms with van der Waals surface area (Å²) in [6, 6.07) is 0.894. The summed E-state index contributed by atoms with van der Waals surface area (Å²) in [5.41, 5.74) is 0.256. The number of aliphatic carboxylic acids is 3. The van der Waals surface area contributed by atoms with Gasteiger partial charge in [0, 0.05) is 25.8 Å². The molecule has 0 spiro atoms. The lowest BCUT2D eigenvalue weighted by Crippen LogP contribution is -2.62. The minimum absolute atomic E-state index is 0.111. The minimum atomic E-state index is -5.07. The zero-order valence-electron chi connectivity index (χ0n) is 40.4. The van der Waals surface area contributed by atoms with E-state index in [1.165, 1.54) is 45.0 Å². The smallest absolute Gasteiger partial charge is 0.391 e. The molecule has 1 unspecified atom stereocenters. The van der Waals surface area contributed by atoms with Gasteiger partial charge in [0.1, 0.15) is 42.0 Å². The van der Waals surface area contributed by atoms with E-state index in [0.29, 0.717) is 16.7 Å². The third kappa shape index (κ3) is 22.0. The van der Waals surface area contributed by atoms with Gasteiger partial charge in [-0.15, -0.1) is 0 Å². The molecule has 22 nitrogen and oxygen atoms in total. The first kappa shape index (κ1) is 60.5. The molecule has 2 rings (SSSR count). The number of halogens is 3. The largest absolute Gasteiger partial charge is 0.508 e. The Balaban J connectivity index is 2.49. The molecule has 7 amide bonds. The number of carboxylic acid groups (broad SMARTS) is 3. The summed E-state index contributed by atoms with van der Waals surface area (Å²) in [5, 5.41) is 53.1. The van der Waals surface area contributed by atoms with Crippen LogP contribution < -0.4 is 37.2 Å². The molecule has 0 aliphatic rings. The average Bonchev–Trinajstić information content (AvgIpc) is 3.26. The number of rotatable bonds is 28. The Hall–Kier alpha value is -7.60. The Morgan fingerprint density at radius 1 is 0.597 bits per heavy atom. The molecule has 396 valence electrons. The van der Waals surface area contributed by atoms with Gasteiger partial charge < -0.3 is 57.6 Å². The Kier molecular flexibility index (Phi) is 23.3. The Morgan fingerprint density at radius 2 is 1.12 bits per heavy atom. The van der Waals surface area contributed by atoms with E-state index >= 15 is 0 Å². The minimum Gasteiger partial charge on any atom is -0.508 e. The molecule has 0 aromatic heterocycles. The summed E-state index contributed by atoms with van der Waals surface area (Å²) in [7, 11) is 0. The van der Waals surface area contributed by atoms with Crippen molar-refractivity contribution in [2.75, 3.05) is 0 Å². The zero-order chi connectivity index (χ0) is 54.7. The number of hydrogen-bond donors (Lipinski definition) is 11. The predicted molar refractivity (Wildman–Crippen MR) is 247 cm³/mol. The monoisotopic (exact) mass is 1020 g/mol. The molecule has 0 aliphatic carbocycles.